The molecule has 192 valence electrons. The Kier molecular flexibility index (Phi) is 8.09. The van der Waals surface area contributed by atoms with Crippen molar-refractivity contribution in [1.29, 1.82) is 0 Å². The van der Waals surface area contributed by atoms with Crippen molar-refractivity contribution < 1.29 is 35.6 Å². The van der Waals surface area contributed by atoms with Crippen LogP contribution in [0.25, 0.3) is 0 Å². The highest BCUT2D eigenvalue weighted by Crippen LogP contribution is 2.53. The minimum Gasteiger partial charge on any atom is -0.413 e. The van der Waals surface area contributed by atoms with Crippen molar-refractivity contribution in [2.45, 2.75) is 82.2 Å². The molecule has 2 saturated carbocycles. The van der Waals surface area contributed by atoms with E-state index in [9.17, 15) is 26.5 Å². The van der Waals surface area contributed by atoms with Gasteiger partial charge in [0, 0.05) is 0 Å². The number of alkyl halides is 3. The van der Waals surface area contributed by atoms with E-state index in [1.807, 2.05) is 0 Å². The lowest BCUT2D eigenvalue weighted by molar-refractivity contribution is -0.108. The van der Waals surface area contributed by atoms with Gasteiger partial charge in [0.25, 0.3) is 0 Å². The Balaban J connectivity index is 1.55. The van der Waals surface area contributed by atoms with E-state index in [4.69, 9.17) is 9.05 Å². The molecule has 0 saturated heterocycles. The van der Waals surface area contributed by atoms with Crippen LogP contribution in [0.5, 0.6) is 11.5 Å². The first-order valence-corrected chi connectivity index (χ1v) is 14.0. The van der Waals surface area contributed by atoms with Gasteiger partial charge in [0.15, 0.2) is 29.3 Å². The molecule has 0 bridgehead atoms. The summed E-state index contributed by atoms with van der Waals surface area (Å²) in [5.74, 6) is -2.74. The van der Waals surface area contributed by atoms with Crippen LogP contribution in [-0.2, 0) is 4.57 Å². The highest BCUT2D eigenvalue weighted by atomic mass is 31.2. The van der Waals surface area contributed by atoms with Gasteiger partial charge in [-0.2, -0.15) is 13.2 Å². The number of benzene rings is 2. The second kappa shape index (κ2) is 10.9. The summed E-state index contributed by atoms with van der Waals surface area (Å²) in [6.45, 7) is 0. The van der Waals surface area contributed by atoms with Crippen molar-refractivity contribution >= 4 is 7.60 Å². The van der Waals surface area contributed by atoms with Crippen LogP contribution in [0.15, 0.2) is 36.4 Å². The van der Waals surface area contributed by atoms with Crippen LogP contribution in [0.3, 0.4) is 0 Å². The van der Waals surface area contributed by atoms with Gasteiger partial charge in [0.05, 0.1) is 0 Å². The van der Waals surface area contributed by atoms with Gasteiger partial charge in [-0.15, -0.1) is 0 Å². The number of rotatable bonds is 7. The quantitative estimate of drug-likeness (QED) is 0.272. The molecule has 0 N–H and O–H groups in total. The number of hydrogen-bond acceptors (Lipinski definition) is 3. The summed E-state index contributed by atoms with van der Waals surface area (Å²) in [6, 6.07) is 7.92. The molecule has 9 heteroatoms. The largest absolute Gasteiger partial charge is 0.440 e. The van der Waals surface area contributed by atoms with E-state index >= 15 is 0 Å². The molecule has 0 heterocycles. The van der Waals surface area contributed by atoms with Crippen LogP contribution >= 0.6 is 7.60 Å². The summed E-state index contributed by atoms with van der Waals surface area (Å²) in [7, 11) is -5.04. The summed E-state index contributed by atoms with van der Waals surface area (Å²) in [6.07, 6.45) is 3.09. The Morgan fingerprint density at radius 1 is 0.714 bits per heavy atom. The summed E-state index contributed by atoms with van der Waals surface area (Å²) in [5.41, 5.74) is 1.45. The lowest BCUT2D eigenvalue weighted by Crippen LogP contribution is -2.20. The Morgan fingerprint density at radius 3 is 1.46 bits per heavy atom. The standard InChI is InChI=1S/C26H30F5O3P/c27-22-15-20(18-7-3-1-4-8-18)11-13-24(22)33-35(32,17-26(29,30)31)34-25-14-12-21(16-23(25)28)19-9-5-2-6-10-19/h11-16,18-19H,1-10,17H2. The predicted molar refractivity (Wildman–Crippen MR) is 124 cm³/mol. The normalized spacial score (nSPS) is 18.4. The van der Waals surface area contributed by atoms with Gasteiger partial charge >= 0.3 is 13.8 Å². The topological polar surface area (TPSA) is 35.5 Å². The molecule has 0 atom stereocenters. The average molecular weight is 516 g/mol. The molecule has 35 heavy (non-hydrogen) atoms. The van der Waals surface area contributed by atoms with Crippen molar-refractivity contribution in [2.75, 3.05) is 6.16 Å². The van der Waals surface area contributed by atoms with E-state index in [2.05, 4.69) is 0 Å². The highest BCUT2D eigenvalue weighted by Gasteiger charge is 2.44. The van der Waals surface area contributed by atoms with Crippen molar-refractivity contribution in [3.8, 4) is 11.5 Å². The monoisotopic (exact) mass is 516 g/mol. The zero-order valence-corrected chi connectivity index (χ0v) is 20.4. The van der Waals surface area contributed by atoms with Crippen molar-refractivity contribution in [2.24, 2.45) is 0 Å². The van der Waals surface area contributed by atoms with Crippen LogP contribution in [-0.4, -0.2) is 12.3 Å². The lowest BCUT2D eigenvalue weighted by Gasteiger charge is -2.24. The zero-order valence-electron chi connectivity index (χ0n) is 19.5. The van der Waals surface area contributed by atoms with Gasteiger partial charge in [0.1, 0.15) is 0 Å². The van der Waals surface area contributed by atoms with E-state index < -0.39 is 43.1 Å². The summed E-state index contributed by atoms with van der Waals surface area (Å²) >= 11 is 0. The molecule has 2 fully saturated rings. The Labute approximate surface area is 202 Å². The molecular weight excluding hydrogens is 486 g/mol. The molecule has 2 aliphatic carbocycles. The van der Waals surface area contributed by atoms with Gasteiger partial charge in [-0.05, 0) is 72.9 Å². The minimum atomic E-state index is -5.04. The van der Waals surface area contributed by atoms with Crippen LogP contribution in [0.1, 0.15) is 87.2 Å². The third kappa shape index (κ3) is 6.99. The van der Waals surface area contributed by atoms with Crippen molar-refractivity contribution in [3.05, 3.63) is 59.2 Å². The second-order valence-electron chi connectivity index (χ2n) is 9.62. The fourth-order valence-electron chi connectivity index (χ4n) is 5.16. The Bertz CT molecular complexity index is 986. The molecule has 2 aromatic rings. The summed E-state index contributed by atoms with van der Waals surface area (Å²) in [5, 5.41) is 0. The van der Waals surface area contributed by atoms with Crippen LogP contribution in [0.4, 0.5) is 22.0 Å². The van der Waals surface area contributed by atoms with E-state index in [1.165, 1.54) is 24.3 Å². The maximum atomic E-state index is 14.8. The third-order valence-corrected chi connectivity index (χ3v) is 8.61. The average Bonchev–Trinajstić information content (AvgIpc) is 2.81. The second-order valence-corrected chi connectivity index (χ2v) is 11.5. The maximum absolute atomic E-state index is 14.8. The number of halogens is 5. The molecule has 0 amide bonds. The first kappa shape index (κ1) is 26.0. The first-order chi connectivity index (χ1) is 16.6. The summed E-state index contributed by atoms with van der Waals surface area (Å²) < 4.78 is 92.5. The maximum Gasteiger partial charge on any atom is 0.440 e. The highest BCUT2D eigenvalue weighted by molar-refractivity contribution is 7.54. The van der Waals surface area contributed by atoms with Gasteiger partial charge in [-0.25, -0.2) is 13.3 Å². The molecule has 3 nitrogen and oxygen atoms in total. The van der Waals surface area contributed by atoms with Crippen LogP contribution < -0.4 is 9.05 Å². The predicted octanol–water partition coefficient (Wildman–Crippen LogP) is 9.27. The molecule has 0 aliphatic heterocycles. The molecule has 0 radical (unpaired) electrons. The fourth-order valence-corrected chi connectivity index (χ4v) is 6.67. The molecule has 0 aromatic heterocycles. The van der Waals surface area contributed by atoms with Gasteiger partial charge in [-0.3, -0.25) is 0 Å². The third-order valence-electron chi connectivity index (χ3n) is 6.91. The minimum absolute atomic E-state index is 0.169. The molecular formula is C26H30F5O3P. The van der Waals surface area contributed by atoms with E-state index in [0.717, 1.165) is 75.3 Å². The lowest BCUT2D eigenvalue weighted by atomic mass is 9.84. The molecule has 4 rings (SSSR count). The Hall–Kier alpha value is -2.08. The van der Waals surface area contributed by atoms with Gasteiger partial charge in [0.2, 0.25) is 0 Å². The fraction of sp³-hybridized carbons (Fsp3) is 0.538. The first-order valence-electron chi connectivity index (χ1n) is 12.3. The van der Waals surface area contributed by atoms with E-state index in [-0.39, 0.29) is 11.8 Å². The van der Waals surface area contributed by atoms with Crippen LogP contribution in [0.2, 0.25) is 0 Å². The van der Waals surface area contributed by atoms with E-state index in [0.29, 0.717) is 0 Å². The summed E-state index contributed by atoms with van der Waals surface area (Å²) in [4.78, 5) is 0. The van der Waals surface area contributed by atoms with Crippen molar-refractivity contribution in [1.82, 2.24) is 0 Å². The molecule has 0 spiro atoms. The molecule has 2 aliphatic rings. The van der Waals surface area contributed by atoms with Crippen LogP contribution in [0, 0.1) is 11.6 Å². The number of hydrogen-bond donors (Lipinski definition) is 0. The molecule has 0 unspecified atom stereocenters. The van der Waals surface area contributed by atoms with E-state index in [1.54, 1.807) is 12.1 Å². The zero-order chi connectivity index (χ0) is 25.1. The molecule has 2 aromatic carbocycles. The van der Waals surface area contributed by atoms with Crippen molar-refractivity contribution in [3.63, 3.8) is 0 Å². The smallest absolute Gasteiger partial charge is 0.413 e. The van der Waals surface area contributed by atoms with Gasteiger partial charge < -0.3 is 9.05 Å². The Morgan fingerprint density at radius 2 is 1.11 bits per heavy atom. The SMILES string of the molecule is O=P(CC(F)(F)F)(Oc1ccc(C2CCCCC2)cc1F)Oc1ccc(C2CCCCC2)cc1F. The van der Waals surface area contributed by atoms with Gasteiger partial charge in [-0.1, -0.05) is 50.7 Å².